The van der Waals surface area contributed by atoms with E-state index in [0.717, 1.165) is 3.97 Å². The highest BCUT2D eigenvalue weighted by Gasteiger charge is 2.27. The third-order valence-electron chi connectivity index (χ3n) is 2.81. The summed E-state index contributed by atoms with van der Waals surface area (Å²) in [5, 5.41) is 0.227. The Hall–Kier alpha value is -1.51. The number of hydrogen-bond acceptors (Lipinski definition) is 5. The molecule has 0 saturated heterocycles. The van der Waals surface area contributed by atoms with E-state index < -0.39 is 16.0 Å². The second-order valence-corrected chi connectivity index (χ2v) is 7.27. The summed E-state index contributed by atoms with van der Waals surface area (Å²) in [7, 11) is -1.58. The predicted octanol–water partition coefficient (Wildman–Crippen LogP) is 2.94. The maximum atomic E-state index is 12.8. The number of ether oxygens (including phenoxy) is 2. The van der Waals surface area contributed by atoms with Gasteiger partial charge in [-0.3, -0.25) is 0 Å². The van der Waals surface area contributed by atoms with E-state index in [1.807, 2.05) is 0 Å². The van der Waals surface area contributed by atoms with E-state index in [9.17, 15) is 13.2 Å². The van der Waals surface area contributed by atoms with E-state index in [0.29, 0.717) is 4.47 Å². The minimum atomic E-state index is -4.09. The number of hydrogen-bond donors (Lipinski definition) is 0. The van der Waals surface area contributed by atoms with Crippen LogP contribution in [0.3, 0.4) is 0 Å². The Labute approximate surface area is 140 Å². The van der Waals surface area contributed by atoms with E-state index in [-0.39, 0.29) is 21.4 Å². The first-order valence-corrected chi connectivity index (χ1v) is 8.47. The average molecular weight is 409 g/mol. The highest BCUT2D eigenvalue weighted by atomic mass is 79.9. The van der Waals surface area contributed by atoms with Gasteiger partial charge in [0.2, 0.25) is 0 Å². The normalized spacial score (nSPS) is 11.3. The number of nitrogens with zero attached hydrogens (tertiary/aromatic N) is 1. The van der Waals surface area contributed by atoms with Gasteiger partial charge >= 0.3 is 5.97 Å². The van der Waals surface area contributed by atoms with Crippen LogP contribution in [0.5, 0.6) is 5.75 Å². The average Bonchev–Trinajstić information content (AvgIpc) is 2.89. The van der Waals surface area contributed by atoms with Gasteiger partial charge in [0.05, 0.1) is 14.2 Å². The van der Waals surface area contributed by atoms with Gasteiger partial charge in [0.25, 0.3) is 10.0 Å². The molecule has 0 amide bonds. The molecule has 2 aromatic rings. The molecule has 1 heterocycles. The fraction of sp³-hybridized carbons (Fsp3) is 0.154. The van der Waals surface area contributed by atoms with E-state index in [4.69, 9.17) is 16.3 Å². The summed E-state index contributed by atoms with van der Waals surface area (Å²) in [6.07, 6.45) is 1.25. The van der Waals surface area contributed by atoms with Crippen LogP contribution in [0.1, 0.15) is 10.5 Å². The monoisotopic (exact) mass is 407 g/mol. The van der Waals surface area contributed by atoms with Gasteiger partial charge in [-0.1, -0.05) is 11.6 Å². The van der Waals surface area contributed by atoms with Gasteiger partial charge in [-0.15, -0.1) is 0 Å². The van der Waals surface area contributed by atoms with Crippen molar-refractivity contribution in [1.29, 1.82) is 0 Å². The zero-order chi connectivity index (χ0) is 16.5. The third kappa shape index (κ3) is 2.99. The molecule has 0 spiro atoms. The number of esters is 1. The van der Waals surface area contributed by atoms with Crippen molar-refractivity contribution in [2.24, 2.45) is 0 Å². The zero-order valence-corrected chi connectivity index (χ0v) is 14.7. The highest BCUT2D eigenvalue weighted by Crippen LogP contribution is 2.30. The molecule has 0 unspecified atom stereocenters. The van der Waals surface area contributed by atoms with E-state index in [1.54, 1.807) is 0 Å². The van der Waals surface area contributed by atoms with Crippen molar-refractivity contribution in [3.8, 4) is 5.75 Å². The van der Waals surface area contributed by atoms with Crippen LogP contribution in [-0.4, -0.2) is 32.6 Å². The number of methoxy groups -OCH3 is 2. The van der Waals surface area contributed by atoms with Gasteiger partial charge in [-0.05, 0) is 40.2 Å². The summed E-state index contributed by atoms with van der Waals surface area (Å²) >= 11 is 9.02. The molecular formula is C13H11BrClNO5S. The molecule has 0 atom stereocenters. The molecule has 6 nitrogen and oxygen atoms in total. The zero-order valence-electron chi connectivity index (χ0n) is 11.5. The van der Waals surface area contributed by atoms with Crippen molar-refractivity contribution in [3.63, 3.8) is 0 Å². The van der Waals surface area contributed by atoms with Crippen molar-refractivity contribution in [1.82, 2.24) is 3.97 Å². The van der Waals surface area contributed by atoms with Gasteiger partial charge in [0, 0.05) is 15.7 Å². The summed E-state index contributed by atoms with van der Waals surface area (Å²) in [5.41, 5.74) is -0.142. The number of benzene rings is 1. The van der Waals surface area contributed by atoms with Crippen molar-refractivity contribution < 1.29 is 22.7 Å². The van der Waals surface area contributed by atoms with Crippen LogP contribution in [0, 0.1) is 0 Å². The molecule has 2 rings (SSSR count). The van der Waals surface area contributed by atoms with Crippen LogP contribution in [0.15, 0.2) is 39.8 Å². The summed E-state index contributed by atoms with van der Waals surface area (Å²) in [4.78, 5) is 11.6. The lowest BCUT2D eigenvalue weighted by atomic mass is 10.3. The fourth-order valence-electron chi connectivity index (χ4n) is 1.82. The number of rotatable bonds is 4. The molecule has 0 fully saturated rings. The summed E-state index contributed by atoms with van der Waals surface area (Å²) in [6, 6.07) is 5.54. The van der Waals surface area contributed by atoms with Crippen LogP contribution < -0.4 is 4.74 Å². The predicted molar refractivity (Wildman–Crippen MR) is 84.1 cm³/mol. The maximum absolute atomic E-state index is 12.8. The van der Waals surface area contributed by atoms with Crippen LogP contribution in [-0.2, 0) is 14.8 Å². The fourth-order valence-corrected chi connectivity index (χ4v) is 4.15. The number of aromatic nitrogens is 1. The Morgan fingerprint density at radius 2 is 1.95 bits per heavy atom. The quantitative estimate of drug-likeness (QED) is 0.727. The molecule has 0 radical (unpaired) electrons. The van der Waals surface area contributed by atoms with Crippen molar-refractivity contribution in [2.75, 3.05) is 14.2 Å². The molecule has 0 aliphatic heterocycles. The Balaban J connectivity index is 2.71. The Morgan fingerprint density at radius 1 is 1.27 bits per heavy atom. The topological polar surface area (TPSA) is 74.6 Å². The summed E-state index contributed by atoms with van der Waals surface area (Å²) in [5.74, 6) is -0.666. The van der Waals surface area contributed by atoms with E-state index >= 15 is 0 Å². The van der Waals surface area contributed by atoms with Crippen molar-refractivity contribution in [3.05, 3.63) is 45.7 Å². The van der Waals surface area contributed by atoms with Gasteiger partial charge in [0.1, 0.15) is 16.3 Å². The first-order valence-electron chi connectivity index (χ1n) is 5.86. The number of carbonyl (C=O) groups excluding carboxylic acids is 1. The van der Waals surface area contributed by atoms with Crippen LogP contribution >= 0.6 is 27.5 Å². The molecule has 0 N–H and O–H groups in total. The first-order chi connectivity index (χ1) is 10.3. The Morgan fingerprint density at radius 3 is 2.55 bits per heavy atom. The molecule has 1 aromatic heterocycles. The second kappa shape index (κ2) is 6.31. The van der Waals surface area contributed by atoms with Gasteiger partial charge in [-0.25, -0.2) is 17.2 Å². The van der Waals surface area contributed by atoms with Crippen molar-refractivity contribution >= 4 is 43.5 Å². The lowest BCUT2D eigenvalue weighted by molar-refractivity contribution is 0.0592. The molecule has 0 bridgehead atoms. The maximum Gasteiger partial charge on any atom is 0.355 e. The van der Waals surface area contributed by atoms with E-state index in [1.165, 1.54) is 44.7 Å². The van der Waals surface area contributed by atoms with Crippen molar-refractivity contribution in [2.45, 2.75) is 4.90 Å². The molecule has 0 aliphatic carbocycles. The highest BCUT2D eigenvalue weighted by molar-refractivity contribution is 9.10. The largest absolute Gasteiger partial charge is 0.495 e. The van der Waals surface area contributed by atoms with Crippen LogP contribution in [0.25, 0.3) is 0 Å². The van der Waals surface area contributed by atoms with Crippen LogP contribution in [0.2, 0.25) is 5.02 Å². The standard InChI is InChI=1S/C13H11BrClNO5S/c1-20-11-4-3-9(15)6-12(11)22(18,19)16-7-8(14)5-10(16)13(17)21-2/h3-7H,1-2H3. The molecule has 0 saturated carbocycles. The van der Waals surface area contributed by atoms with Gasteiger partial charge in [0.15, 0.2) is 0 Å². The Kier molecular flexibility index (Phi) is 4.84. The smallest absolute Gasteiger partial charge is 0.355 e. The summed E-state index contributed by atoms with van der Waals surface area (Å²) in [6.45, 7) is 0. The second-order valence-electron chi connectivity index (χ2n) is 4.13. The SMILES string of the molecule is COC(=O)c1cc(Br)cn1S(=O)(=O)c1cc(Cl)ccc1OC. The van der Waals surface area contributed by atoms with E-state index in [2.05, 4.69) is 20.7 Å². The minimum absolute atomic E-state index is 0.116. The lowest BCUT2D eigenvalue weighted by Crippen LogP contribution is -2.19. The van der Waals surface area contributed by atoms with Gasteiger partial charge in [-0.2, -0.15) is 0 Å². The lowest BCUT2D eigenvalue weighted by Gasteiger charge is -2.12. The molecule has 118 valence electrons. The molecule has 0 aliphatic rings. The Bertz CT molecular complexity index is 831. The van der Waals surface area contributed by atoms with Gasteiger partial charge < -0.3 is 9.47 Å². The molecular weight excluding hydrogens is 398 g/mol. The summed E-state index contributed by atoms with van der Waals surface area (Å²) < 4.78 is 36.5. The molecule has 1 aromatic carbocycles. The number of halogens is 2. The van der Waals surface area contributed by atoms with Crippen LogP contribution in [0.4, 0.5) is 0 Å². The number of carbonyl (C=O) groups is 1. The molecule has 22 heavy (non-hydrogen) atoms. The first kappa shape index (κ1) is 16.9. The third-order valence-corrected chi connectivity index (χ3v) is 5.17. The molecule has 9 heteroatoms. The minimum Gasteiger partial charge on any atom is -0.495 e.